The number of hydrogen-bond donors (Lipinski definition) is 1. The number of carbonyl (C=O) groups excluding carboxylic acids is 1. The zero-order valence-corrected chi connectivity index (χ0v) is 10.1. The van der Waals surface area contributed by atoms with E-state index in [-0.39, 0.29) is 5.91 Å². The van der Waals surface area contributed by atoms with Crippen molar-refractivity contribution in [1.82, 2.24) is 9.88 Å². The maximum absolute atomic E-state index is 11.5. The number of aliphatic hydroxyl groups excluding tert-OH is 1. The molecule has 0 aromatic carbocycles. The molecule has 92 valence electrons. The molecule has 17 heavy (non-hydrogen) atoms. The average molecular weight is 234 g/mol. The summed E-state index contributed by atoms with van der Waals surface area (Å²) in [6, 6.07) is 4.09. The number of aliphatic hydroxyl groups is 1. The Morgan fingerprint density at radius 1 is 1.59 bits per heavy atom. The third-order valence-corrected chi connectivity index (χ3v) is 3.26. The zero-order valence-electron chi connectivity index (χ0n) is 10.1. The summed E-state index contributed by atoms with van der Waals surface area (Å²) in [5.74, 6) is 0.127. The molecule has 0 aliphatic carbocycles. The minimum Gasteiger partial charge on any atom is -0.387 e. The van der Waals surface area contributed by atoms with Gasteiger partial charge in [0.1, 0.15) is 6.61 Å². The van der Waals surface area contributed by atoms with E-state index in [0.29, 0.717) is 12.5 Å². The first-order valence-corrected chi connectivity index (χ1v) is 6.02. The van der Waals surface area contributed by atoms with Gasteiger partial charge in [0.15, 0.2) is 0 Å². The molecule has 1 aliphatic heterocycles. The van der Waals surface area contributed by atoms with Crippen LogP contribution in [0.4, 0.5) is 0 Å². The summed E-state index contributed by atoms with van der Waals surface area (Å²) in [6.07, 6.45) is 3.90. The number of aromatic nitrogens is 1. The largest absolute Gasteiger partial charge is 0.387 e. The highest BCUT2D eigenvalue weighted by Gasteiger charge is 2.24. The molecule has 1 amide bonds. The molecule has 4 heteroatoms. The van der Waals surface area contributed by atoms with Gasteiger partial charge >= 0.3 is 0 Å². The summed E-state index contributed by atoms with van der Waals surface area (Å²) in [5, 5.41) is 8.87. The van der Waals surface area contributed by atoms with Gasteiger partial charge in [0.2, 0.25) is 5.91 Å². The molecule has 1 saturated heterocycles. The van der Waals surface area contributed by atoms with Crippen LogP contribution >= 0.6 is 0 Å². The van der Waals surface area contributed by atoms with Gasteiger partial charge in [-0.2, -0.15) is 0 Å². The van der Waals surface area contributed by atoms with Crippen molar-refractivity contribution in [2.45, 2.75) is 25.7 Å². The minimum absolute atomic E-state index is 0.179. The van der Waals surface area contributed by atoms with Gasteiger partial charge in [-0.15, -0.1) is 0 Å². The van der Waals surface area contributed by atoms with Gasteiger partial charge in [0.25, 0.3) is 0 Å². The SMILES string of the molecule is Cc1ccc([C@H]2CCCN(C(=O)CO)C2)nc1. The summed E-state index contributed by atoms with van der Waals surface area (Å²) >= 11 is 0. The molecule has 1 N–H and O–H groups in total. The quantitative estimate of drug-likeness (QED) is 0.833. The van der Waals surface area contributed by atoms with Crippen molar-refractivity contribution >= 4 is 5.91 Å². The van der Waals surface area contributed by atoms with E-state index in [0.717, 1.165) is 30.6 Å². The van der Waals surface area contributed by atoms with Crippen LogP contribution in [-0.4, -0.2) is 40.6 Å². The lowest BCUT2D eigenvalue weighted by Crippen LogP contribution is -2.40. The number of carbonyl (C=O) groups is 1. The van der Waals surface area contributed by atoms with Crippen molar-refractivity contribution < 1.29 is 9.90 Å². The first-order valence-electron chi connectivity index (χ1n) is 6.02. The monoisotopic (exact) mass is 234 g/mol. The highest BCUT2D eigenvalue weighted by atomic mass is 16.3. The second-order valence-electron chi connectivity index (χ2n) is 4.60. The third kappa shape index (κ3) is 2.82. The molecule has 2 heterocycles. The fraction of sp³-hybridized carbons (Fsp3) is 0.538. The Bertz CT molecular complexity index is 389. The molecular formula is C13H18N2O2. The molecule has 4 nitrogen and oxygen atoms in total. The molecule has 0 bridgehead atoms. The van der Waals surface area contributed by atoms with Crippen LogP contribution in [0.1, 0.15) is 30.0 Å². The van der Waals surface area contributed by atoms with Gasteiger partial charge in [-0.05, 0) is 31.4 Å². The van der Waals surface area contributed by atoms with E-state index in [1.165, 1.54) is 0 Å². The number of hydrogen-bond acceptors (Lipinski definition) is 3. The van der Waals surface area contributed by atoms with Crippen LogP contribution in [0, 0.1) is 6.92 Å². The van der Waals surface area contributed by atoms with Gasteiger partial charge in [0, 0.05) is 30.9 Å². The van der Waals surface area contributed by atoms with Crippen molar-refractivity contribution in [3.05, 3.63) is 29.6 Å². The minimum atomic E-state index is -0.395. The third-order valence-electron chi connectivity index (χ3n) is 3.26. The predicted molar refractivity (Wildman–Crippen MR) is 64.6 cm³/mol. The van der Waals surface area contributed by atoms with Crippen LogP contribution in [0.5, 0.6) is 0 Å². The standard InChI is InChI=1S/C13H18N2O2/c1-10-4-5-12(14-7-10)11-3-2-6-15(8-11)13(17)9-16/h4-5,7,11,16H,2-3,6,8-9H2,1H3/t11-/m0/s1. The second kappa shape index (κ2) is 5.27. The molecule has 1 aliphatic rings. The fourth-order valence-electron chi connectivity index (χ4n) is 2.27. The Labute approximate surface area is 101 Å². The fourth-order valence-corrected chi connectivity index (χ4v) is 2.27. The maximum atomic E-state index is 11.5. The molecular weight excluding hydrogens is 216 g/mol. The topological polar surface area (TPSA) is 53.4 Å². The Morgan fingerprint density at radius 2 is 2.41 bits per heavy atom. The van der Waals surface area contributed by atoms with E-state index in [1.54, 1.807) is 4.90 Å². The lowest BCUT2D eigenvalue weighted by molar-refractivity contribution is -0.135. The molecule has 1 aromatic heterocycles. The summed E-state index contributed by atoms with van der Waals surface area (Å²) in [6.45, 7) is 3.05. The van der Waals surface area contributed by atoms with Crippen molar-refractivity contribution in [3.63, 3.8) is 0 Å². The second-order valence-corrected chi connectivity index (χ2v) is 4.60. The molecule has 1 aromatic rings. The molecule has 2 rings (SSSR count). The smallest absolute Gasteiger partial charge is 0.248 e. The number of aryl methyl sites for hydroxylation is 1. The van der Waals surface area contributed by atoms with Crippen molar-refractivity contribution in [1.29, 1.82) is 0 Å². The first kappa shape index (κ1) is 12.0. The van der Waals surface area contributed by atoms with Crippen LogP contribution in [0.2, 0.25) is 0 Å². The summed E-state index contributed by atoms with van der Waals surface area (Å²) in [7, 11) is 0. The van der Waals surface area contributed by atoms with Crippen molar-refractivity contribution in [2.24, 2.45) is 0 Å². The molecule has 0 unspecified atom stereocenters. The van der Waals surface area contributed by atoms with E-state index in [2.05, 4.69) is 11.1 Å². The lowest BCUT2D eigenvalue weighted by atomic mass is 9.94. The first-order chi connectivity index (χ1) is 8.20. The highest BCUT2D eigenvalue weighted by Crippen LogP contribution is 2.25. The van der Waals surface area contributed by atoms with Gasteiger partial charge in [0.05, 0.1) is 0 Å². The number of rotatable bonds is 2. The van der Waals surface area contributed by atoms with Gasteiger partial charge in [-0.25, -0.2) is 0 Å². The van der Waals surface area contributed by atoms with E-state index in [9.17, 15) is 4.79 Å². The number of piperidine rings is 1. The van der Waals surface area contributed by atoms with Gasteiger partial charge in [-0.3, -0.25) is 9.78 Å². The Balaban J connectivity index is 2.06. The van der Waals surface area contributed by atoms with Crippen molar-refractivity contribution in [3.8, 4) is 0 Å². The van der Waals surface area contributed by atoms with E-state index >= 15 is 0 Å². The molecule has 1 fully saturated rings. The summed E-state index contributed by atoms with van der Waals surface area (Å²) in [5.41, 5.74) is 2.19. The van der Waals surface area contributed by atoms with E-state index in [1.807, 2.05) is 19.2 Å². The number of nitrogens with zero attached hydrogens (tertiary/aromatic N) is 2. The molecule has 1 atom stereocenters. The Kier molecular flexibility index (Phi) is 3.74. The molecule has 0 radical (unpaired) electrons. The number of likely N-dealkylation sites (tertiary alicyclic amines) is 1. The van der Waals surface area contributed by atoms with Crippen LogP contribution < -0.4 is 0 Å². The summed E-state index contributed by atoms with van der Waals surface area (Å²) in [4.78, 5) is 17.6. The van der Waals surface area contributed by atoms with E-state index in [4.69, 9.17) is 5.11 Å². The molecule has 0 spiro atoms. The molecule has 0 saturated carbocycles. The Hall–Kier alpha value is -1.42. The number of amides is 1. The normalized spacial score (nSPS) is 20.4. The Morgan fingerprint density at radius 3 is 3.06 bits per heavy atom. The number of pyridine rings is 1. The van der Waals surface area contributed by atoms with Gasteiger partial charge < -0.3 is 10.0 Å². The van der Waals surface area contributed by atoms with Crippen LogP contribution in [-0.2, 0) is 4.79 Å². The lowest BCUT2D eigenvalue weighted by Gasteiger charge is -2.32. The van der Waals surface area contributed by atoms with Crippen LogP contribution in [0.15, 0.2) is 18.3 Å². The maximum Gasteiger partial charge on any atom is 0.248 e. The van der Waals surface area contributed by atoms with Crippen molar-refractivity contribution in [2.75, 3.05) is 19.7 Å². The van der Waals surface area contributed by atoms with Crippen LogP contribution in [0.3, 0.4) is 0 Å². The zero-order chi connectivity index (χ0) is 12.3. The predicted octanol–water partition coefficient (Wildman–Crippen LogP) is 1.09. The highest BCUT2D eigenvalue weighted by molar-refractivity contribution is 5.77. The van der Waals surface area contributed by atoms with Crippen LogP contribution in [0.25, 0.3) is 0 Å². The van der Waals surface area contributed by atoms with Gasteiger partial charge in [-0.1, -0.05) is 6.07 Å². The summed E-state index contributed by atoms with van der Waals surface area (Å²) < 4.78 is 0. The average Bonchev–Trinajstić information content (AvgIpc) is 2.39. The van der Waals surface area contributed by atoms with E-state index < -0.39 is 6.61 Å².